The average molecular weight is 347 g/mol. The van der Waals surface area contributed by atoms with Crippen molar-refractivity contribution in [3.05, 3.63) is 35.9 Å². The van der Waals surface area contributed by atoms with Crippen molar-refractivity contribution in [2.24, 2.45) is 5.41 Å². The summed E-state index contributed by atoms with van der Waals surface area (Å²) in [5.41, 5.74) is 1.02. The molecule has 2 N–H and O–H groups in total. The van der Waals surface area contributed by atoms with E-state index < -0.39 is 6.10 Å². The van der Waals surface area contributed by atoms with Crippen LogP contribution in [0.25, 0.3) is 0 Å². The number of rotatable bonds is 6. The standard InChI is InChI=1S/C21H34N2O2/c1-16(14-19(24)17-8-6-5-7-9-17)22-18-10-12-23(13-11-18)20(25)15-21(2,3)4/h5-9,16,18-19,22,24H,10-15H2,1-4H3. The number of benzene rings is 1. The number of carbonyl (C=O) groups excluding carboxylic acids is 1. The summed E-state index contributed by atoms with van der Waals surface area (Å²) in [7, 11) is 0. The van der Waals surface area contributed by atoms with E-state index in [9.17, 15) is 9.90 Å². The maximum Gasteiger partial charge on any atom is 0.223 e. The highest BCUT2D eigenvalue weighted by atomic mass is 16.3. The Morgan fingerprint density at radius 3 is 2.40 bits per heavy atom. The van der Waals surface area contributed by atoms with Crippen LogP contribution in [0.3, 0.4) is 0 Å². The lowest BCUT2D eigenvalue weighted by Gasteiger charge is -2.35. The van der Waals surface area contributed by atoms with E-state index in [1.54, 1.807) is 0 Å². The van der Waals surface area contributed by atoms with Gasteiger partial charge >= 0.3 is 0 Å². The van der Waals surface area contributed by atoms with E-state index in [0.717, 1.165) is 31.5 Å². The third-order valence-electron chi connectivity index (χ3n) is 4.81. The first-order valence-electron chi connectivity index (χ1n) is 9.51. The van der Waals surface area contributed by atoms with Crippen molar-refractivity contribution >= 4 is 5.91 Å². The van der Waals surface area contributed by atoms with E-state index in [0.29, 0.717) is 18.9 Å². The second-order valence-electron chi connectivity index (χ2n) is 8.62. The molecule has 1 amide bonds. The highest BCUT2D eigenvalue weighted by Crippen LogP contribution is 2.22. The predicted molar refractivity (Wildman–Crippen MR) is 102 cm³/mol. The number of hydrogen-bond acceptors (Lipinski definition) is 3. The molecule has 0 bridgehead atoms. The minimum atomic E-state index is -0.433. The van der Waals surface area contributed by atoms with Gasteiger partial charge < -0.3 is 15.3 Å². The van der Waals surface area contributed by atoms with Gasteiger partial charge in [0.15, 0.2) is 0 Å². The molecule has 1 saturated heterocycles. The minimum Gasteiger partial charge on any atom is -0.388 e. The quantitative estimate of drug-likeness (QED) is 0.829. The Hall–Kier alpha value is -1.39. The van der Waals surface area contributed by atoms with Crippen molar-refractivity contribution in [1.82, 2.24) is 10.2 Å². The summed E-state index contributed by atoms with van der Waals surface area (Å²) >= 11 is 0. The number of aliphatic hydroxyl groups is 1. The van der Waals surface area contributed by atoms with Crippen LogP contribution in [0.2, 0.25) is 0 Å². The summed E-state index contributed by atoms with van der Waals surface area (Å²) in [4.78, 5) is 14.3. The molecule has 1 aliphatic rings. The largest absolute Gasteiger partial charge is 0.388 e. The lowest BCUT2D eigenvalue weighted by atomic mass is 9.91. The highest BCUT2D eigenvalue weighted by Gasteiger charge is 2.26. The Kier molecular flexibility index (Phi) is 7.03. The fourth-order valence-corrected chi connectivity index (χ4v) is 3.48. The fourth-order valence-electron chi connectivity index (χ4n) is 3.48. The van der Waals surface area contributed by atoms with Crippen molar-refractivity contribution in [1.29, 1.82) is 0 Å². The third kappa shape index (κ3) is 6.79. The van der Waals surface area contributed by atoms with Gasteiger partial charge in [-0.1, -0.05) is 51.1 Å². The first-order valence-corrected chi connectivity index (χ1v) is 9.51. The number of amides is 1. The van der Waals surface area contributed by atoms with Gasteiger partial charge in [0.2, 0.25) is 5.91 Å². The molecule has 0 aliphatic carbocycles. The van der Waals surface area contributed by atoms with E-state index in [4.69, 9.17) is 0 Å². The Morgan fingerprint density at radius 1 is 1.24 bits per heavy atom. The molecule has 1 aliphatic heterocycles. The van der Waals surface area contributed by atoms with Crippen molar-refractivity contribution < 1.29 is 9.90 Å². The molecular formula is C21H34N2O2. The monoisotopic (exact) mass is 346 g/mol. The zero-order valence-corrected chi connectivity index (χ0v) is 16.2. The van der Waals surface area contributed by atoms with Crippen molar-refractivity contribution in [2.45, 2.75) is 71.6 Å². The summed E-state index contributed by atoms with van der Waals surface area (Å²) in [6.07, 6.45) is 2.86. The third-order valence-corrected chi connectivity index (χ3v) is 4.81. The number of aliphatic hydroxyl groups excluding tert-OH is 1. The van der Waals surface area contributed by atoms with Gasteiger partial charge in [0.05, 0.1) is 6.10 Å². The van der Waals surface area contributed by atoms with E-state index in [2.05, 4.69) is 33.0 Å². The van der Waals surface area contributed by atoms with E-state index in [1.807, 2.05) is 35.2 Å². The zero-order valence-electron chi connectivity index (χ0n) is 16.2. The first kappa shape index (κ1) is 19.9. The smallest absolute Gasteiger partial charge is 0.223 e. The van der Waals surface area contributed by atoms with E-state index in [-0.39, 0.29) is 17.4 Å². The number of carbonyl (C=O) groups is 1. The molecule has 1 aromatic carbocycles. The molecule has 140 valence electrons. The summed E-state index contributed by atoms with van der Waals surface area (Å²) < 4.78 is 0. The van der Waals surface area contributed by atoms with Gasteiger partial charge in [-0.3, -0.25) is 4.79 Å². The normalized spacial score (nSPS) is 18.8. The number of piperidine rings is 1. The van der Waals surface area contributed by atoms with Gasteiger partial charge in [0.1, 0.15) is 0 Å². The Morgan fingerprint density at radius 2 is 1.84 bits per heavy atom. The summed E-state index contributed by atoms with van der Waals surface area (Å²) in [5, 5.41) is 14.0. The van der Waals surface area contributed by atoms with Gasteiger partial charge in [0, 0.05) is 31.6 Å². The van der Waals surface area contributed by atoms with Crippen LogP contribution in [0.5, 0.6) is 0 Å². The Labute approximate surface area is 152 Å². The molecule has 4 heteroatoms. The molecular weight excluding hydrogens is 312 g/mol. The number of likely N-dealkylation sites (tertiary alicyclic amines) is 1. The first-order chi connectivity index (χ1) is 11.7. The van der Waals surface area contributed by atoms with Crippen LogP contribution in [-0.4, -0.2) is 41.1 Å². The molecule has 1 aromatic rings. The second kappa shape index (κ2) is 8.81. The SMILES string of the molecule is CC(CC(O)c1ccccc1)NC1CCN(C(=O)CC(C)(C)C)CC1. The van der Waals surface area contributed by atoms with Crippen LogP contribution in [0.1, 0.15) is 65.0 Å². The topological polar surface area (TPSA) is 52.6 Å². The number of hydrogen-bond donors (Lipinski definition) is 2. The molecule has 2 rings (SSSR count). The van der Waals surface area contributed by atoms with Crippen LogP contribution in [-0.2, 0) is 4.79 Å². The molecule has 0 saturated carbocycles. The molecule has 0 radical (unpaired) electrons. The van der Waals surface area contributed by atoms with Crippen LogP contribution >= 0.6 is 0 Å². The molecule has 25 heavy (non-hydrogen) atoms. The van der Waals surface area contributed by atoms with Crippen molar-refractivity contribution in [2.75, 3.05) is 13.1 Å². The molecule has 0 spiro atoms. The van der Waals surface area contributed by atoms with Crippen molar-refractivity contribution in [3.8, 4) is 0 Å². The lowest BCUT2D eigenvalue weighted by molar-refractivity contribution is -0.134. The summed E-state index contributed by atoms with van der Waals surface area (Å²) in [6.45, 7) is 10.1. The summed E-state index contributed by atoms with van der Waals surface area (Å²) in [5.74, 6) is 0.276. The molecule has 2 unspecified atom stereocenters. The van der Waals surface area contributed by atoms with Gasteiger partial charge in [-0.15, -0.1) is 0 Å². The van der Waals surface area contributed by atoms with E-state index >= 15 is 0 Å². The van der Waals surface area contributed by atoms with Crippen LogP contribution in [0.15, 0.2) is 30.3 Å². The van der Waals surface area contributed by atoms with Crippen LogP contribution in [0, 0.1) is 5.41 Å². The average Bonchev–Trinajstić information content (AvgIpc) is 2.54. The zero-order chi connectivity index (χ0) is 18.4. The van der Waals surface area contributed by atoms with E-state index in [1.165, 1.54) is 0 Å². The maximum atomic E-state index is 12.3. The van der Waals surface area contributed by atoms with Gasteiger partial charge in [-0.2, -0.15) is 0 Å². The van der Waals surface area contributed by atoms with Crippen LogP contribution < -0.4 is 5.32 Å². The van der Waals surface area contributed by atoms with Crippen molar-refractivity contribution in [3.63, 3.8) is 0 Å². The predicted octanol–water partition coefficient (Wildman–Crippen LogP) is 3.52. The highest BCUT2D eigenvalue weighted by molar-refractivity contribution is 5.76. The molecule has 1 heterocycles. The molecule has 2 atom stereocenters. The molecule has 4 nitrogen and oxygen atoms in total. The van der Waals surface area contributed by atoms with Crippen LogP contribution in [0.4, 0.5) is 0 Å². The fraction of sp³-hybridized carbons (Fsp3) is 0.667. The minimum absolute atomic E-state index is 0.0499. The second-order valence-corrected chi connectivity index (χ2v) is 8.62. The number of nitrogens with zero attached hydrogens (tertiary/aromatic N) is 1. The summed E-state index contributed by atoms with van der Waals surface area (Å²) in [6, 6.07) is 10.5. The lowest BCUT2D eigenvalue weighted by Crippen LogP contribution is -2.47. The molecule has 1 fully saturated rings. The Bertz CT molecular complexity index is 531. The Balaban J connectivity index is 1.73. The van der Waals surface area contributed by atoms with Gasteiger partial charge in [0.25, 0.3) is 0 Å². The van der Waals surface area contributed by atoms with Gasteiger partial charge in [-0.25, -0.2) is 0 Å². The molecule has 0 aromatic heterocycles. The maximum absolute atomic E-state index is 12.3. The number of nitrogens with one attached hydrogen (secondary N) is 1. The van der Waals surface area contributed by atoms with Gasteiger partial charge in [-0.05, 0) is 37.2 Å².